The van der Waals surface area contributed by atoms with Gasteiger partial charge in [-0.25, -0.2) is 0 Å². The third-order valence-electron chi connectivity index (χ3n) is 7.14. The van der Waals surface area contributed by atoms with Gasteiger partial charge in [-0.3, -0.25) is 14.5 Å². The highest BCUT2D eigenvalue weighted by atomic mass is 16.5. The number of benzene rings is 2. The van der Waals surface area contributed by atoms with Crippen LogP contribution < -0.4 is 14.2 Å². The summed E-state index contributed by atoms with van der Waals surface area (Å²) in [5.41, 5.74) is 1.03. The Morgan fingerprint density at radius 3 is 2.41 bits per heavy atom. The van der Waals surface area contributed by atoms with E-state index in [0.717, 1.165) is 32.5 Å². The number of hydrogen-bond acceptors (Lipinski definition) is 8. The molecule has 2 heterocycles. The van der Waals surface area contributed by atoms with Crippen LogP contribution in [0.3, 0.4) is 0 Å². The first-order valence-corrected chi connectivity index (χ1v) is 13.5. The van der Waals surface area contributed by atoms with Crippen molar-refractivity contribution >= 4 is 17.4 Å². The Bertz CT molecular complexity index is 1170. The summed E-state index contributed by atoms with van der Waals surface area (Å²) < 4.78 is 22.3. The second kappa shape index (κ2) is 13.5. The minimum Gasteiger partial charge on any atom is -0.507 e. The predicted octanol–water partition coefficient (Wildman–Crippen LogP) is 4.03. The Morgan fingerprint density at radius 1 is 1.00 bits per heavy atom. The molecule has 39 heavy (non-hydrogen) atoms. The lowest BCUT2D eigenvalue weighted by atomic mass is 9.94. The first-order chi connectivity index (χ1) is 19.0. The molecule has 2 saturated heterocycles. The van der Waals surface area contributed by atoms with Crippen molar-refractivity contribution in [1.29, 1.82) is 0 Å². The monoisotopic (exact) mass is 538 g/mol. The molecule has 0 saturated carbocycles. The van der Waals surface area contributed by atoms with E-state index in [1.807, 2.05) is 0 Å². The summed E-state index contributed by atoms with van der Waals surface area (Å²) in [6.45, 7) is 6.86. The van der Waals surface area contributed by atoms with Gasteiger partial charge in [-0.2, -0.15) is 0 Å². The quantitative estimate of drug-likeness (QED) is 0.187. The van der Waals surface area contributed by atoms with Crippen LogP contribution >= 0.6 is 0 Å². The molecule has 2 aliphatic heterocycles. The van der Waals surface area contributed by atoms with Crippen LogP contribution in [-0.2, 0) is 14.3 Å². The molecule has 0 aliphatic carbocycles. The largest absolute Gasteiger partial charge is 0.507 e. The molecular formula is C30H38N2O7. The molecule has 4 rings (SSSR count). The van der Waals surface area contributed by atoms with Crippen LogP contribution in [0, 0.1) is 0 Å². The predicted molar refractivity (Wildman–Crippen MR) is 147 cm³/mol. The zero-order valence-electron chi connectivity index (χ0n) is 23.0. The van der Waals surface area contributed by atoms with Gasteiger partial charge in [-0.05, 0) is 43.2 Å². The molecule has 2 aromatic carbocycles. The van der Waals surface area contributed by atoms with Crippen LogP contribution in [0.25, 0.3) is 5.76 Å². The van der Waals surface area contributed by atoms with Crippen LogP contribution in [0.15, 0.2) is 48.0 Å². The van der Waals surface area contributed by atoms with Gasteiger partial charge in [-0.15, -0.1) is 0 Å². The zero-order valence-corrected chi connectivity index (χ0v) is 23.0. The van der Waals surface area contributed by atoms with Gasteiger partial charge >= 0.3 is 0 Å². The van der Waals surface area contributed by atoms with E-state index in [9.17, 15) is 14.7 Å². The van der Waals surface area contributed by atoms with E-state index >= 15 is 0 Å². The smallest absolute Gasteiger partial charge is 0.295 e. The van der Waals surface area contributed by atoms with E-state index in [1.54, 1.807) is 42.5 Å². The van der Waals surface area contributed by atoms with Crippen molar-refractivity contribution in [2.24, 2.45) is 0 Å². The Labute approximate surface area is 229 Å². The average molecular weight is 539 g/mol. The highest BCUT2D eigenvalue weighted by molar-refractivity contribution is 6.46. The number of aliphatic hydroxyl groups excluding tert-OH is 1. The number of amides is 1. The van der Waals surface area contributed by atoms with Crippen LogP contribution in [0.2, 0.25) is 0 Å². The Balaban J connectivity index is 1.70. The average Bonchev–Trinajstić information content (AvgIpc) is 3.22. The molecule has 9 nitrogen and oxygen atoms in total. The lowest BCUT2D eigenvalue weighted by Crippen LogP contribution is -2.39. The molecule has 210 valence electrons. The number of morpholine rings is 1. The minimum atomic E-state index is -0.833. The zero-order chi connectivity index (χ0) is 27.8. The number of likely N-dealkylation sites (tertiary alicyclic amines) is 1. The fourth-order valence-corrected chi connectivity index (χ4v) is 5.05. The number of nitrogens with zero attached hydrogens (tertiary/aromatic N) is 2. The molecule has 0 spiro atoms. The number of aliphatic hydroxyl groups is 1. The number of ether oxygens (including phenoxy) is 4. The van der Waals surface area contributed by atoms with Gasteiger partial charge in [0.15, 0.2) is 11.5 Å². The first-order valence-electron chi connectivity index (χ1n) is 13.5. The third-order valence-corrected chi connectivity index (χ3v) is 7.14. The topological polar surface area (TPSA) is 97.8 Å². The van der Waals surface area contributed by atoms with Gasteiger partial charge in [0.05, 0.1) is 45.7 Å². The van der Waals surface area contributed by atoms with Crippen LogP contribution in [0.5, 0.6) is 17.2 Å². The summed E-state index contributed by atoms with van der Waals surface area (Å²) in [6.07, 6.45) is 2.64. The Hall–Kier alpha value is -3.56. The van der Waals surface area contributed by atoms with E-state index in [0.29, 0.717) is 61.2 Å². The molecule has 2 aliphatic rings. The molecule has 0 radical (unpaired) electrons. The van der Waals surface area contributed by atoms with Crippen LogP contribution in [0.1, 0.15) is 43.4 Å². The van der Waals surface area contributed by atoms with Gasteiger partial charge in [0.2, 0.25) is 0 Å². The van der Waals surface area contributed by atoms with Crippen molar-refractivity contribution in [3.05, 3.63) is 59.2 Å². The van der Waals surface area contributed by atoms with E-state index in [-0.39, 0.29) is 11.3 Å². The van der Waals surface area contributed by atoms with Crippen molar-refractivity contribution < 1.29 is 33.6 Å². The van der Waals surface area contributed by atoms with Crippen molar-refractivity contribution in [2.45, 2.75) is 32.2 Å². The number of methoxy groups -OCH3 is 2. The second-order valence-electron chi connectivity index (χ2n) is 9.61. The van der Waals surface area contributed by atoms with E-state index < -0.39 is 17.7 Å². The summed E-state index contributed by atoms with van der Waals surface area (Å²) >= 11 is 0. The van der Waals surface area contributed by atoms with E-state index in [4.69, 9.17) is 18.9 Å². The van der Waals surface area contributed by atoms with Crippen LogP contribution in [-0.4, -0.2) is 86.8 Å². The minimum absolute atomic E-state index is 0.0255. The summed E-state index contributed by atoms with van der Waals surface area (Å²) in [4.78, 5) is 30.6. The van der Waals surface area contributed by atoms with Crippen LogP contribution in [0.4, 0.5) is 0 Å². The molecule has 9 heteroatoms. The number of para-hydroxylation sites is 1. The molecule has 1 N–H and O–H groups in total. The lowest BCUT2D eigenvalue weighted by Gasteiger charge is -2.30. The van der Waals surface area contributed by atoms with Gasteiger partial charge in [0.25, 0.3) is 11.7 Å². The fraction of sp³-hybridized carbons (Fsp3) is 0.467. The number of carbonyl (C=O) groups excluding carboxylic acids is 2. The van der Waals surface area contributed by atoms with Gasteiger partial charge in [-0.1, -0.05) is 25.5 Å². The fourth-order valence-electron chi connectivity index (χ4n) is 5.05. The molecular weight excluding hydrogens is 500 g/mol. The number of unbranched alkanes of at least 4 members (excludes halogenated alkanes) is 1. The van der Waals surface area contributed by atoms with Crippen molar-refractivity contribution in [3.63, 3.8) is 0 Å². The highest BCUT2D eigenvalue weighted by Crippen LogP contribution is 2.45. The summed E-state index contributed by atoms with van der Waals surface area (Å²) in [7, 11) is 3.05. The standard InChI is InChI=1S/C30H38N2O7/c1-4-5-18-39-22-12-10-21(11-13-22)27(33)25-26(23-8-6-9-24(36-2)29(23)37-3)32(30(35)28(25)34)15-7-14-31-16-19-38-20-17-31/h6,8-13,26,33H,4-5,7,14-20H2,1-3H3/b27-25+. The highest BCUT2D eigenvalue weighted by Gasteiger charge is 2.47. The summed E-state index contributed by atoms with van der Waals surface area (Å²) in [5.74, 6) is -0.0448. The lowest BCUT2D eigenvalue weighted by molar-refractivity contribution is -0.140. The van der Waals surface area contributed by atoms with Crippen molar-refractivity contribution in [2.75, 3.05) is 60.2 Å². The SMILES string of the molecule is CCCCOc1ccc(/C(O)=C2\C(=O)C(=O)N(CCCN3CCOCC3)C2c2cccc(OC)c2OC)cc1. The molecule has 1 atom stereocenters. The van der Waals surface area contributed by atoms with Crippen molar-refractivity contribution in [3.8, 4) is 17.2 Å². The van der Waals surface area contributed by atoms with Gasteiger partial charge < -0.3 is 29.0 Å². The summed E-state index contributed by atoms with van der Waals surface area (Å²) in [5, 5.41) is 11.4. The summed E-state index contributed by atoms with van der Waals surface area (Å²) in [6, 6.07) is 11.4. The van der Waals surface area contributed by atoms with E-state index in [2.05, 4.69) is 11.8 Å². The van der Waals surface area contributed by atoms with Crippen molar-refractivity contribution in [1.82, 2.24) is 9.80 Å². The Morgan fingerprint density at radius 2 is 1.74 bits per heavy atom. The molecule has 1 amide bonds. The molecule has 0 aromatic heterocycles. The number of ketones is 1. The Kier molecular flexibility index (Phi) is 9.84. The third kappa shape index (κ3) is 6.37. The first kappa shape index (κ1) is 28.4. The molecule has 2 fully saturated rings. The molecule has 2 aromatic rings. The maximum Gasteiger partial charge on any atom is 0.295 e. The molecule has 1 unspecified atom stereocenters. The normalized spacial score (nSPS) is 19.4. The molecule has 0 bridgehead atoms. The maximum atomic E-state index is 13.4. The second-order valence-corrected chi connectivity index (χ2v) is 9.61. The maximum absolute atomic E-state index is 13.4. The van der Waals surface area contributed by atoms with Gasteiger partial charge in [0, 0.05) is 37.3 Å². The van der Waals surface area contributed by atoms with Gasteiger partial charge in [0.1, 0.15) is 11.5 Å². The number of Topliss-reactive ketones (excluding diaryl/α,β-unsaturated/α-hetero) is 1. The number of rotatable bonds is 12. The number of hydrogen-bond donors (Lipinski definition) is 1. The number of carbonyl (C=O) groups is 2. The van der Waals surface area contributed by atoms with E-state index in [1.165, 1.54) is 19.1 Å².